The van der Waals surface area contributed by atoms with Gasteiger partial charge in [-0.15, -0.1) is 11.8 Å². The predicted molar refractivity (Wildman–Crippen MR) is 93.1 cm³/mol. The van der Waals surface area contributed by atoms with Crippen LogP contribution in [0.15, 0.2) is 57.8 Å². The van der Waals surface area contributed by atoms with Gasteiger partial charge in [-0.1, -0.05) is 24.3 Å². The standard InChI is InChI=1S/C18H17NO3S/c1-21-11-15-14-8-3-4-9-16(14)22-17(15)18(20)19-12-6-5-7-13(10-12)23-2/h3-10H,11H2,1-2H3,(H,19,20). The molecule has 1 N–H and O–H groups in total. The number of amides is 1. The van der Waals surface area contributed by atoms with Gasteiger partial charge in [-0.3, -0.25) is 4.79 Å². The summed E-state index contributed by atoms with van der Waals surface area (Å²) in [5, 5.41) is 3.79. The van der Waals surface area contributed by atoms with E-state index in [1.54, 1.807) is 18.9 Å². The van der Waals surface area contributed by atoms with Gasteiger partial charge in [0.25, 0.3) is 5.91 Å². The molecule has 0 unspecified atom stereocenters. The number of thioether (sulfide) groups is 1. The number of anilines is 1. The summed E-state index contributed by atoms with van der Waals surface area (Å²) in [6.07, 6.45) is 2.00. The van der Waals surface area contributed by atoms with Gasteiger partial charge in [0, 0.05) is 28.6 Å². The number of benzene rings is 2. The molecule has 23 heavy (non-hydrogen) atoms. The lowest BCUT2D eigenvalue weighted by molar-refractivity contribution is 0.0992. The van der Waals surface area contributed by atoms with Crippen LogP contribution in [0.5, 0.6) is 0 Å². The summed E-state index contributed by atoms with van der Waals surface area (Å²) in [5.74, 6) is 0.0223. The average Bonchev–Trinajstić information content (AvgIpc) is 2.94. The highest BCUT2D eigenvalue weighted by atomic mass is 32.2. The van der Waals surface area contributed by atoms with E-state index in [0.717, 1.165) is 21.5 Å². The molecule has 4 nitrogen and oxygen atoms in total. The minimum atomic E-state index is -0.272. The zero-order chi connectivity index (χ0) is 16.2. The molecule has 1 heterocycles. The van der Waals surface area contributed by atoms with Crippen molar-refractivity contribution in [1.82, 2.24) is 0 Å². The maximum Gasteiger partial charge on any atom is 0.291 e. The monoisotopic (exact) mass is 327 g/mol. The van der Waals surface area contributed by atoms with Gasteiger partial charge in [0.1, 0.15) is 5.58 Å². The molecular formula is C18H17NO3S. The largest absolute Gasteiger partial charge is 0.451 e. The molecule has 0 atom stereocenters. The van der Waals surface area contributed by atoms with Crippen molar-refractivity contribution in [1.29, 1.82) is 0 Å². The number of ether oxygens (including phenoxy) is 1. The number of para-hydroxylation sites is 1. The number of nitrogens with one attached hydrogen (secondary N) is 1. The molecule has 0 fully saturated rings. The Labute approximate surface area is 138 Å². The van der Waals surface area contributed by atoms with E-state index in [-0.39, 0.29) is 5.91 Å². The molecule has 3 aromatic rings. The van der Waals surface area contributed by atoms with Gasteiger partial charge < -0.3 is 14.5 Å². The molecule has 0 saturated carbocycles. The summed E-state index contributed by atoms with van der Waals surface area (Å²) in [5.41, 5.74) is 2.19. The second kappa shape index (κ2) is 6.89. The lowest BCUT2D eigenvalue weighted by atomic mass is 10.1. The molecule has 0 radical (unpaired) electrons. The van der Waals surface area contributed by atoms with Crippen LogP contribution < -0.4 is 5.32 Å². The van der Waals surface area contributed by atoms with Crippen LogP contribution in [0.1, 0.15) is 16.1 Å². The summed E-state index contributed by atoms with van der Waals surface area (Å²) < 4.78 is 11.0. The van der Waals surface area contributed by atoms with Crippen molar-refractivity contribution in [2.45, 2.75) is 11.5 Å². The highest BCUT2D eigenvalue weighted by Gasteiger charge is 2.20. The third kappa shape index (κ3) is 3.25. The van der Waals surface area contributed by atoms with Crippen LogP contribution in [-0.4, -0.2) is 19.3 Å². The molecule has 118 valence electrons. The molecule has 0 saturated heterocycles. The van der Waals surface area contributed by atoms with E-state index in [1.807, 2.05) is 54.8 Å². The Morgan fingerprint density at radius 2 is 2.04 bits per heavy atom. The summed E-state index contributed by atoms with van der Waals surface area (Å²) in [4.78, 5) is 13.7. The summed E-state index contributed by atoms with van der Waals surface area (Å²) in [6, 6.07) is 15.3. The van der Waals surface area contributed by atoms with Gasteiger partial charge in [-0.05, 0) is 30.5 Å². The van der Waals surface area contributed by atoms with E-state index in [1.165, 1.54) is 0 Å². The molecular weight excluding hydrogens is 310 g/mol. The molecule has 0 aliphatic heterocycles. The molecule has 0 aliphatic carbocycles. The van der Waals surface area contributed by atoms with E-state index in [0.29, 0.717) is 18.0 Å². The third-order valence-electron chi connectivity index (χ3n) is 3.52. The number of carbonyl (C=O) groups excluding carboxylic acids is 1. The number of hydrogen-bond donors (Lipinski definition) is 1. The first-order valence-corrected chi connectivity index (χ1v) is 8.40. The van der Waals surface area contributed by atoms with Gasteiger partial charge in [-0.2, -0.15) is 0 Å². The first-order chi connectivity index (χ1) is 11.2. The van der Waals surface area contributed by atoms with Crippen LogP contribution in [0.3, 0.4) is 0 Å². The maximum atomic E-state index is 12.6. The van der Waals surface area contributed by atoms with Crippen molar-refractivity contribution >= 4 is 34.3 Å². The van der Waals surface area contributed by atoms with Crippen molar-refractivity contribution in [3.63, 3.8) is 0 Å². The van der Waals surface area contributed by atoms with Crippen molar-refractivity contribution in [2.24, 2.45) is 0 Å². The van der Waals surface area contributed by atoms with Gasteiger partial charge in [0.15, 0.2) is 5.76 Å². The Morgan fingerprint density at radius 1 is 1.22 bits per heavy atom. The van der Waals surface area contributed by atoms with E-state index >= 15 is 0 Å². The van der Waals surface area contributed by atoms with E-state index < -0.39 is 0 Å². The molecule has 0 bridgehead atoms. The van der Waals surface area contributed by atoms with Crippen LogP contribution >= 0.6 is 11.8 Å². The third-order valence-corrected chi connectivity index (χ3v) is 4.25. The number of carbonyl (C=O) groups is 1. The Balaban J connectivity index is 1.95. The zero-order valence-electron chi connectivity index (χ0n) is 13.0. The average molecular weight is 327 g/mol. The summed E-state index contributed by atoms with van der Waals surface area (Å²) in [6.45, 7) is 0.324. The SMILES string of the molecule is COCc1c(C(=O)Nc2cccc(SC)c2)oc2ccccc12. The maximum absolute atomic E-state index is 12.6. The van der Waals surface area contributed by atoms with Gasteiger partial charge in [0.2, 0.25) is 0 Å². The van der Waals surface area contributed by atoms with Crippen LogP contribution in [0.25, 0.3) is 11.0 Å². The first-order valence-electron chi connectivity index (χ1n) is 7.17. The van der Waals surface area contributed by atoms with Gasteiger partial charge in [-0.25, -0.2) is 0 Å². The fourth-order valence-electron chi connectivity index (χ4n) is 2.46. The second-order valence-electron chi connectivity index (χ2n) is 5.02. The number of methoxy groups -OCH3 is 1. The Morgan fingerprint density at radius 3 is 2.83 bits per heavy atom. The van der Waals surface area contributed by atoms with Crippen molar-refractivity contribution in [3.05, 3.63) is 59.9 Å². The smallest absolute Gasteiger partial charge is 0.291 e. The van der Waals surface area contributed by atoms with Crippen LogP contribution in [0, 0.1) is 0 Å². The van der Waals surface area contributed by atoms with Crippen molar-refractivity contribution in [2.75, 3.05) is 18.7 Å². The Kier molecular flexibility index (Phi) is 4.69. The minimum absolute atomic E-state index is 0.272. The van der Waals surface area contributed by atoms with Crippen molar-refractivity contribution in [3.8, 4) is 0 Å². The number of fused-ring (bicyclic) bond motifs is 1. The topological polar surface area (TPSA) is 51.5 Å². The van der Waals surface area contributed by atoms with E-state index in [4.69, 9.17) is 9.15 Å². The molecule has 1 aromatic heterocycles. The van der Waals surface area contributed by atoms with E-state index in [2.05, 4.69) is 5.32 Å². The van der Waals surface area contributed by atoms with Crippen molar-refractivity contribution < 1.29 is 13.9 Å². The Bertz CT molecular complexity index is 841. The Hall–Kier alpha value is -2.24. The number of furan rings is 1. The summed E-state index contributed by atoms with van der Waals surface area (Å²) >= 11 is 1.63. The van der Waals surface area contributed by atoms with E-state index in [9.17, 15) is 4.79 Å². The molecule has 0 aliphatic rings. The molecule has 1 amide bonds. The quantitative estimate of drug-likeness (QED) is 0.698. The molecule has 3 rings (SSSR count). The normalized spacial score (nSPS) is 10.9. The highest BCUT2D eigenvalue weighted by Crippen LogP contribution is 2.27. The molecule has 2 aromatic carbocycles. The minimum Gasteiger partial charge on any atom is -0.451 e. The van der Waals surface area contributed by atoms with Gasteiger partial charge in [0.05, 0.1) is 6.61 Å². The molecule has 5 heteroatoms. The number of hydrogen-bond acceptors (Lipinski definition) is 4. The zero-order valence-corrected chi connectivity index (χ0v) is 13.8. The second-order valence-corrected chi connectivity index (χ2v) is 5.90. The highest BCUT2D eigenvalue weighted by molar-refractivity contribution is 7.98. The predicted octanol–water partition coefficient (Wildman–Crippen LogP) is 4.55. The lowest BCUT2D eigenvalue weighted by Crippen LogP contribution is -2.13. The lowest BCUT2D eigenvalue weighted by Gasteiger charge is -2.06. The first kappa shape index (κ1) is 15.6. The van der Waals surface area contributed by atoms with Crippen LogP contribution in [0.2, 0.25) is 0 Å². The molecule has 0 spiro atoms. The fourth-order valence-corrected chi connectivity index (χ4v) is 2.92. The summed E-state index contributed by atoms with van der Waals surface area (Å²) in [7, 11) is 1.60. The number of rotatable bonds is 5. The van der Waals surface area contributed by atoms with Crippen LogP contribution in [0.4, 0.5) is 5.69 Å². The van der Waals surface area contributed by atoms with Gasteiger partial charge >= 0.3 is 0 Å². The fraction of sp³-hybridized carbons (Fsp3) is 0.167. The van der Waals surface area contributed by atoms with Crippen LogP contribution in [-0.2, 0) is 11.3 Å².